The molecule has 0 amide bonds. The van der Waals surface area contributed by atoms with Crippen molar-refractivity contribution < 1.29 is 9.31 Å². The average Bonchev–Trinajstić information content (AvgIpc) is 3.25. The molecular formula is C16H15FN2O2. The van der Waals surface area contributed by atoms with Crippen LogP contribution in [0, 0.1) is 15.9 Å². The van der Waals surface area contributed by atoms with Gasteiger partial charge in [0.1, 0.15) is 5.82 Å². The van der Waals surface area contributed by atoms with E-state index in [4.69, 9.17) is 0 Å². The van der Waals surface area contributed by atoms with Gasteiger partial charge in [0.25, 0.3) is 5.69 Å². The van der Waals surface area contributed by atoms with Crippen LogP contribution in [0.25, 0.3) is 0 Å². The fourth-order valence-corrected chi connectivity index (χ4v) is 2.58. The molecule has 0 radical (unpaired) electrons. The Morgan fingerprint density at radius 2 is 2.00 bits per heavy atom. The van der Waals surface area contributed by atoms with Gasteiger partial charge in [0.2, 0.25) is 0 Å². The molecule has 2 unspecified atom stereocenters. The fourth-order valence-electron chi connectivity index (χ4n) is 2.58. The van der Waals surface area contributed by atoms with Crippen molar-refractivity contribution in [3.8, 4) is 0 Å². The summed E-state index contributed by atoms with van der Waals surface area (Å²) < 4.78 is 13.3. The molecule has 2 aromatic rings. The number of nitro groups is 1. The summed E-state index contributed by atoms with van der Waals surface area (Å²) in [5, 5.41) is 14.0. The van der Waals surface area contributed by atoms with Gasteiger partial charge in [0, 0.05) is 24.6 Å². The van der Waals surface area contributed by atoms with Crippen molar-refractivity contribution >= 4 is 5.69 Å². The van der Waals surface area contributed by atoms with E-state index in [0.29, 0.717) is 24.1 Å². The predicted octanol–water partition coefficient (Wildman–Crippen LogP) is 3.38. The van der Waals surface area contributed by atoms with Gasteiger partial charge < -0.3 is 5.32 Å². The Balaban J connectivity index is 1.61. The number of benzene rings is 2. The lowest BCUT2D eigenvalue weighted by molar-refractivity contribution is -0.385. The lowest BCUT2D eigenvalue weighted by Gasteiger charge is -2.05. The summed E-state index contributed by atoms with van der Waals surface area (Å²) in [6, 6.07) is 14.2. The van der Waals surface area contributed by atoms with E-state index in [2.05, 4.69) is 17.4 Å². The molecule has 3 rings (SSSR count). The number of hydrogen-bond acceptors (Lipinski definition) is 3. The van der Waals surface area contributed by atoms with E-state index in [0.717, 1.165) is 12.5 Å². The Kier molecular flexibility index (Phi) is 3.66. The Hall–Kier alpha value is -2.27. The van der Waals surface area contributed by atoms with Crippen LogP contribution in [0.4, 0.5) is 10.1 Å². The number of rotatable bonds is 5. The zero-order valence-electron chi connectivity index (χ0n) is 11.3. The topological polar surface area (TPSA) is 55.2 Å². The average molecular weight is 286 g/mol. The highest BCUT2D eigenvalue weighted by Gasteiger charge is 2.37. The second-order valence-electron chi connectivity index (χ2n) is 5.32. The molecule has 0 saturated heterocycles. The van der Waals surface area contributed by atoms with E-state index in [1.807, 2.05) is 18.2 Å². The molecule has 0 aliphatic heterocycles. The summed E-state index contributed by atoms with van der Waals surface area (Å²) in [5.41, 5.74) is 1.68. The summed E-state index contributed by atoms with van der Waals surface area (Å²) >= 11 is 0. The first-order valence-corrected chi connectivity index (χ1v) is 6.85. The molecule has 0 bridgehead atoms. The van der Waals surface area contributed by atoms with Crippen LogP contribution in [0.15, 0.2) is 48.5 Å². The first-order chi connectivity index (χ1) is 10.1. The van der Waals surface area contributed by atoms with Crippen molar-refractivity contribution in [2.24, 2.45) is 0 Å². The molecule has 0 aromatic heterocycles. The number of nitrogens with one attached hydrogen (secondary N) is 1. The molecule has 1 aliphatic carbocycles. The molecule has 1 N–H and O–H groups in total. The molecular weight excluding hydrogens is 271 g/mol. The summed E-state index contributed by atoms with van der Waals surface area (Å²) in [6.45, 7) is 0.437. The van der Waals surface area contributed by atoms with Gasteiger partial charge in [0.05, 0.1) is 11.0 Å². The number of halogens is 1. The van der Waals surface area contributed by atoms with E-state index in [1.54, 1.807) is 0 Å². The second kappa shape index (κ2) is 5.61. The SMILES string of the molecule is O=[N+]([O-])c1cc(F)cc(CNC2CC2c2ccccc2)c1. The standard InChI is InChI=1S/C16H15FN2O2/c17-13-6-11(7-14(8-13)19(20)21)10-18-16-9-15(16)12-4-2-1-3-5-12/h1-8,15-16,18H,9-10H2. The predicted molar refractivity (Wildman–Crippen MR) is 77.5 cm³/mol. The van der Waals surface area contributed by atoms with Crippen LogP contribution in [-0.4, -0.2) is 11.0 Å². The summed E-state index contributed by atoms with van der Waals surface area (Å²) in [4.78, 5) is 10.1. The van der Waals surface area contributed by atoms with Crippen LogP contribution in [0.2, 0.25) is 0 Å². The zero-order valence-corrected chi connectivity index (χ0v) is 11.3. The van der Waals surface area contributed by atoms with Gasteiger partial charge in [-0.25, -0.2) is 4.39 Å². The highest BCUT2D eigenvalue weighted by molar-refractivity contribution is 5.35. The molecule has 2 aromatic carbocycles. The minimum Gasteiger partial charge on any atom is -0.309 e. The van der Waals surface area contributed by atoms with Crippen LogP contribution < -0.4 is 5.32 Å². The maximum Gasteiger partial charge on any atom is 0.272 e. The number of hydrogen-bond donors (Lipinski definition) is 1. The van der Waals surface area contributed by atoms with Crippen LogP contribution in [0.5, 0.6) is 0 Å². The molecule has 0 spiro atoms. The molecule has 1 fully saturated rings. The smallest absolute Gasteiger partial charge is 0.272 e. The minimum atomic E-state index is -0.573. The first kappa shape index (κ1) is 13.7. The number of non-ortho nitro benzene ring substituents is 1. The maximum absolute atomic E-state index is 13.3. The summed E-state index contributed by atoms with van der Waals surface area (Å²) in [5.74, 6) is -0.0915. The monoisotopic (exact) mass is 286 g/mol. The van der Waals surface area contributed by atoms with Gasteiger partial charge in [-0.15, -0.1) is 0 Å². The molecule has 5 heteroatoms. The van der Waals surface area contributed by atoms with Gasteiger partial charge in [-0.05, 0) is 23.6 Å². The minimum absolute atomic E-state index is 0.206. The van der Waals surface area contributed by atoms with E-state index < -0.39 is 10.7 Å². The summed E-state index contributed by atoms with van der Waals surface area (Å²) in [6.07, 6.45) is 1.04. The summed E-state index contributed by atoms with van der Waals surface area (Å²) in [7, 11) is 0. The Morgan fingerprint density at radius 3 is 2.71 bits per heavy atom. The molecule has 0 heterocycles. The van der Waals surface area contributed by atoms with Crippen molar-refractivity contribution in [3.63, 3.8) is 0 Å². The van der Waals surface area contributed by atoms with Crippen molar-refractivity contribution in [1.82, 2.24) is 5.32 Å². The van der Waals surface area contributed by atoms with Gasteiger partial charge in [-0.1, -0.05) is 30.3 Å². The van der Waals surface area contributed by atoms with E-state index in [-0.39, 0.29) is 5.69 Å². The lowest BCUT2D eigenvalue weighted by Crippen LogP contribution is -2.17. The number of nitrogens with zero attached hydrogens (tertiary/aromatic N) is 1. The largest absolute Gasteiger partial charge is 0.309 e. The van der Waals surface area contributed by atoms with Crippen molar-refractivity contribution in [1.29, 1.82) is 0 Å². The van der Waals surface area contributed by atoms with Gasteiger partial charge >= 0.3 is 0 Å². The lowest BCUT2D eigenvalue weighted by atomic mass is 10.1. The molecule has 2 atom stereocenters. The Labute approximate surface area is 121 Å². The van der Waals surface area contributed by atoms with Gasteiger partial charge in [0.15, 0.2) is 0 Å². The van der Waals surface area contributed by atoms with Crippen molar-refractivity contribution in [2.75, 3.05) is 0 Å². The maximum atomic E-state index is 13.3. The van der Waals surface area contributed by atoms with Crippen molar-refractivity contribution in [2.45, 2.75) is 24.9 Å². The first-order valence-electron chi connectivity index (χ1n) is 6.85. The molecule has 4 nitrogen and oxygen atoms in total. The molecule has 108 valence electrons. The van der Waals surface area contributed by atoms with Gasteiger partial charge in [-0.3, -0.25) is 10.1 Å². The normalized spacial score (nSPS) is 20.2. The van der Waals surface area contributed by atoms with Crippen LogP contribution >= 0.6 is 0 Å². The quantitative estimate of drug-likeness (QED) is 0.677. The molecule has 1 aliphatic rings. The van der Waals surface area contributed by atoms with Crippen LogP contribution in [-0.2, 0) is 6.54 Å². The van der Waals surface area contributed by atoms with E-state index in [9.17, 15) is 14.5 Å². The van der Waals surface area contributed by atoms with E-state index in [1.165, 1.54) is 17.7 Å². The third kappa shape index (κ3) is 3.25. The van der Waals surface area contributed by atoms with Crippen molar-refractivity contribution in [3.05, 3.63) is 75.6 Å². The molecule has 21 heavy (non-hydrogen) atoms. The Bertz CT molecular complexity index is 661. The molecule has 1 saturated carbocycles. The zero-order chi connectivity index (χ0) is 14.8. The second-order valence-corrected chi connectivity index (χ2v) is 5.32. The van der Waals surface area contributed by atoms with Crippen LogP contribution in [0.3, 0.4) is 0 Å². The fraction of sp³-hybridized carbons (Fsp3) is 0.250. The van der Waals surface area contributed by atoms with Gasteiger partial charge in [-0.2, -0.15) is 0 Å². The third-order valence-corrected chi connectivity index (χ3v) is 3.74. The highest BCUT2D eigenvalue weighted by Crippen LogP contribution is 2.40. The highest BCUT2D eigenvalue weighted by atomic mass is 19.1. The Morgan fingerprint density at radius 1 is 1.24 bits per heavy atom. The van der Waals surface area contributed by atoms with Crippen LogP contribution in [0.1, 0.15) is 23.5 Å². The third-order valence-electron chi connectivity index (χ3n) is 3.74. The number of nitro benzene ring substituents is 1. The van der Waals surface area contributed by atoms with E-state index >= 15 is 0 Å².